The summed E-state index contributed by atoms with van der Waals surface area (Å²) >= 11 is 0. The SMILES string of the molecule is Cc1ccc(S(=O)(=O)OC2CCN(CC(=O)O)C2)cc1. The van der Waals surface area contributed by atoms with Gasteiger partial charge < -0.3 is 5.11 Å². The van der Waals surface area contributed by atoms with Gasteiger partial charge in [0.25, 0.3) is 10.1 Å². The zero-order valence-electron chi connectivity index (χ0n) is 11.2. The first-order chi connectivity index (χ1) is 9.37. The molecule has 6 nitrogen and oxygen atoms in total. The normalized spacial score (nSPS) is 20.1. The molecular weight excluding hydrogens is 282 g/mol. The lowest BCUT2D eigenvalue weighted by molar-refractivity contribution is -0.138. The smallest absolute Gasteiger partial charge is 0.317 e. The van der Waals surface area contributed by atoms with Gasteiger partial charge >= 0.3 is 5.97 Å². The molecule has 1 aromatic rings. The number of rotatable bonds is 5. The monoisotopic (exact) mass is 299 g/mol. The van der Waals surface area contributed by atoms with E-state index in [2.05, 4.69) is 0 Å². The van der Waals surface area contributed by atoms with Crippen LogP contribution in [-0.2, 0) is 19.1 Å². The van der Waals surface area contributed by atoms with E-state index in [0.717, 1.165) is 5.56 Å². The van der Waals surface area contributed by atoms with E-state index in [9.17, 15) is 13.2 Å². The maximum atomic E-state index is 12.1. The summed E-state index contributed by atoms with van der Waals surface area (Å²) in [5.74, 6) is -0.924. The number of hydrogen-bond acceptors (Lipinski definition) is 5. The first-order valence-corrected chi connectivity index (χ1v) is 7.72. The molecule has 1 atom stereocenters. The first kappa shape index (κ1) is 15.0. The second-order valence-corrected chi connectivity index (χ2v) is 6.48. The van der Waals surface area contributed by atoms with E-state index in [1.54, 1.807) is 17.0 Å². The standard InChI is InChI=1S/C13H17NO5S/c1-10-2-4-12(5-3-10)20(17,18)19-11-6-7-14(8-11)9-13(15)16/h2-5,11H,6-9H2,1H3,(H,15,16). The Morgan fingerprint density at radius 2 is 2.05 bits per heavy atom. The summed E-state index contributed by atoms with van der Waals surface area (Å²) in [4.78, 5) is 12.4. The Kier molecular flexibility index (Phi) is 4.42. The maximum Gasteiger partial charge on any atom is 0.317 e. The van der Waals surface area contributed by atoms with Gasteiger partial charge in [-0.05, 0) is 25.5 Å². The number of likely N-dealkylation sites (tertiary alicyclic amines) is 1. The molecule has 0 aliphatic carbocycles. The molecule has 7 heteroatoms. The van der Waals surface area contributed by atoms with Gasteiger partial charge in [-0.15, -0.1) is 0 Å². The Bertz CT molecular complexity index is 581. The molecule has 0 spiro atoms. The highest BCUT2D eigenvalue weighted by atomic mass is 32.2. The first-order valence-electron chi connectivity index (χ1n) is 6.31. The molecule has 1 N–H and O–H groups in total. The number of aryl methyl sites for hydroxylation is 1. The summed E-state index contributed by atoms with van der Waals surface area (Å²) < 4.78 is 29.3. The molecule has 0 saturated carbocycles. The molecule has 1 saturated heterocycles. The van der Waals surface area contributed by atoms with Crippen molar-refractivity contribution in [2.75, 3.05) is 19.6 Å². The third kappa shape index (κ3) is 3.78. The highest BCUT2D eigenvalue weighted by molar-refractivity contribution is 7.86. The molecular formula is C13H17NO5S. The maximum absolute atomic E-state index is 12.1. The molecule has 0 aromatic heterocycles. The second-order valence-electron chi connectivity index (χ2n) is 4.90. The average Bonchev–Trinajstić information content (AvgIpc) is 2.75. The van der Waals surface area contributed by atoms with Crippen molar-refractivity contribution in [1.29, 1.82) is 0 Å². The molecule has 1 unspecified atom stereocenters. The number of hydrogen-bond donors (Lipinski definition) is 1. The second kappa shape index (κ2) is 5.90. The number of carbonyl (C=O) groups is 1. The van der Waals surface area contributed by atoms with Gasteiger partial charge in [-0.2, -0.15) is 8.42 Å². The van der Waals surface area contributed by atoms with Crippen molar-refractivity contribution in [1.82, 2.24) is 4.90 Å². The number of benzene rings is 1. The third-order valence-corrected chi connectivity index (χ3v) is 4.54. The molecule has 0 amide bonds. The van der Waals surface area contributed by atoms with Crippen molar-refractivity contribution in [3.63, 3.8) is 0 Å². The molecule has 0 bridgehead atoms. The van der Waals surface area contributed by atoms with Crippen molar-refractivity contribution in [3.8, 4) is 0 Å². The van der Waals surface area contributed by atoms with Gasteiger partial charge in [-0.25, -0.2) is 0 Å². The molecule has 1 aliphatic rings. The predicted octanol–water partition coefficient (Wildman–Crippen LogP) is 0.859. The van der Waals surface area contributed by atoms with E-state index < -0.39 is 22.2 Å². The highest BCUT2D eigenvalue weighted by Gasteiger charge is 2.29. The number of aliphatic carboxylic acids is 1. The van der Waals surface area contributed by atoms with Crippen LogP contribution in [0.4, 0.5) is 0 Å². The van der Waals surface area contributed by atoms with Crippen molar-refractivity contribution in [2.45, 2.75) is 24.3 Å². The van der Waals surface area contributed by atoms with E-state index in [1.165, 1.54) is 12.1 Å². The van der Waals surface area contributed by atoms with Crippen LogP contribution >= 0.6 is 0 Å². The van der Waals surface area contributed by atoms with E-state index in [-0.39, 0.29) is 11.4 Å². The van der Waals surface area contributed by atoms with Crippen LogP contribution in [0, 0.1) is 6.92 Å². The van der Waals surface area contributed by atoms with Crippen molar-refractivity contribution >= 4 is 16.1 Å². The van der Waals surface area contributed by atoms with Crippen LogP contribution in [0.25, 0.3) is 0 Å². The highest BCUT2D eigenvalue weighted by Crippen LogP contribution is 2.20. The van der Waals surface area contributed by atoms with Crippen LogP contribution in [0.15, 0.2) is 29.2 Å². The fourth-order valence-electron chi connectivity index (χ4n) is 2.15. The lowest BCUT2D eigenvalue weighted by Gasteiger charge is -2.14. The minimum absolute atomic E-state index is 0.0928. The van der Waals surface area contributed by atoms with Crippen LogP contribution in [0.3, 0.4) is 0 Å². The molecule has 0 radical (unpaired) electrons. The van der Waals surface area contributed by atoms with Gasteiger partial charge in [-0.1, -0.05) is 17.7 Å². The Morgan fingerprint density at radius 1 is 1.40 bits per heavy atom. The van der Waals surface area contributed by atoms with Crippen molar-refractivity contribution in [2.24, 2.45) is 0 Å². The van der Waals surface area contributed by atoms with Gasteiger partial charge in [0.05, 0.1) is 17.5 Å². The van der Waals surface area contributed by atoms with Crippen LogP contribution in [-0.4, -0.2) is 50.1 Å². The Morgan fingerprint density at radius 3 is 2.65 bits per heavy atom. The van der Waals surface area contributed by atoms with E-state index in [4.69, 9.17) is 9.29 Å². The summed E-state index contributed by atoms with van der Waals surface area (Å²) in [5, 5.41) is 8.70. The number of nitrogens with zero attached hydrogens (tertiary/aromatic N) is 1. The topological polar surface area (TPSA) is 83.9 Å². The predicted molar refractivity (Wildman–Crippen MR) is 71.9 cm³/mol. The molecule has 1 heterocycles. The van der Waals surface area contributed by atoms with E-state index in [1.807, 2.05) is 6.92 Å². The summed E-state index contributed by atoms with van der Waals surface area (Å²) in [6, 6.07) is 6.44. The van der Waals surface area contributed by atoms with Gasteiger partial charge in [0.1, 0.15) is 0 Å². The molecule has 110 valence electrons. The molecule has 2 rings (SSSR count). The number of carboxylic acids is 1. The van der Waals surface area contributed by atoms with Gasteiger partial charge in [0.15, 0.2) is 0 Å². The quantitative estimate of drug-likeness (QED) is 0.812. The van der Waals surface area contributed by atoms with Crippen LogP contribution < -0.4 is 0 Å². The Balaban J connectivity index is 1.99. The average molecular weight is 299 g/mol. The zero-order valence-corrected chi connectivity index (χ0v) is 12.0. The molecule has 20 heavy (non-hydrogen) atoms. The van der Waals surface area contributed by atoms with Gasteiger partial charge in [0, 0.05) is 13.1 Å². The van der Waals surface area contributed by atoms with Crippen LogP contribution in [0.2, 0.25) is 0 Å². The fraction of sp³-hybridized carbons (Fsp3) is 0.462. The summed E-state index contributed by atoms with van der Waals surface area (Å²) in [5.41, 5.74) is 0.970. The lowest BCUT2D eigenvalue weighted by Crippen LogP contribution is -2.29. The number of carboxylic acid groups (broad SMARTS) is 1. The van der Waals surface area contributed by atoms with E-state index in [0.29, 0.717) is 19.5 Å². The zero-order chi connectivity index (χ0) is 14.8. The fourth-order valence-corrected chi connectivity index (χ4v) is 3.25. The summed E-state index contributed by atoms with van der Waals surface area (Å²) in [6.45, 7) is 2.63. The largest absolute Gasteiger partial charge is 0.480 e. The van der Waals surface area contributed by atoms with Crippen LogP contribution in [0.5, 0.6) is 0 Å². The van der Waals surface area contributed by atoms with Crippen LogP contribution in [0.1, 0.15) is 12.0 Å². The summed E-state index contributed by atoms with van der Waals surface area (Å²) in [6.07, 6.45) is 0.0268. The Labute approximate surface area is 118 Å². The lowest BCUT2D eigenvalue weighted by atomic mass is 10.2. The van der Waals surface area contributed by atoms with Crippen molar-refractivity contribution in [3.05, 3.63) is 29.8 Å². The third-order valence-electron chi connectivity index (χ3n) is 3.16. The Hall–Kier alpha value is -1.44. The van der Waals surface area contributed by atoms with Gasteiger partial charge in [-0.3, -0.25) is 13.9 Å². The van der Waals surface area contributed by atoms with E-state index >= 15 is 0 Å². The van der Waals surface area contributed by atoms with Gasteiger partial charge in [0.2, 0.25) is 0 Å². The molecule has 1 aliphatic heterocycles. The summed E-state index contributed by atoms with van der Waals surface area (Å²) in [7, 11) is -3.79. The molecule has 1 fully saturated rings. The molecule has 1 aromatic carbocycles. The minimum atomic E-state index is -3.79. The minimum Gasteiger partial charge on any atom is -0.480 e. The van der Waals surface area contributed by atoms with Crippen molar-refractivity contribution < 1.29 is 22.5 Å².